The summed E-state index contributed by atoms with van der Waals surface area (Å²) in [6, 6.07) is 12.8. The lowest BCUT2D eigenvalue weighted by atomic mass is 9.97. The lowest BCUT2D eigenvalue weighted by Gasteiger charge is -2.33. The molecular formula is C26H27F3N4O5. The van der Waals surface area contributed by atoms with Gasteiger partial charge >= 0.3 is 18.0 Å². The molecule has 3 heterocycles. The molecule has 0 N–H and O–H groups in total. The van der Waals surface area contributed by atoms with Gasteiger partial charge in [0.15, 0.2) is 5.60 Å². The van der Waals surface area contributed by atoms with Crippen molar-refractivity contribution in [2.24, 2.45) is 5.92 Å². The number of alkyl halides is 3. The smallest absolute Gasteiger partial charge is 0.416 e. The summed E-state index contributed by atoms with van der Waals surface area (Å²) in [5.41, 5.74) is -0.285. The number of halogens is 3. The Morgan fingerprint density at radius 1 is 1.08 bits per heavy atom. The Balaban J connectivity index is 1.06. The van der Waals surface area contributed by atoms with Crippen LogP contribution in [0.15, 0.2) is 54.7 Å². The molecule has 1 fully saturated rings. The van der Waals surface area contributed by atoms with Crippen molar-refractivity contribution in [1.29, 1.82) is 0 Å². The second-order valence-corrected chi connectivity index (χ2v) is 9.86. The third-order valence-electron chi connectivity index (χ3n) is 6.78. The molecule has 2 aliphatic heterocycles. The van der Waals surface area contributed by atoms with Crippen LogP contribution in [0.2, 0.25) is 0 Å². The van der Waals surface area contributed by atoms with Gasteiger partial charge in [0.05, 0.1) is 18.7 Å². The van der Waals surface area contributed by atoms with Crippen molar-refractivity contribution in [2.45, 2.75) is 38.1 Å². The number of nitro groups is 1. The molecular weight excluding hydrogens is 505 g/mol. The number of hydrogen-bond acceptors (Lipinski definition) is 7. The van der Waals surface area contributed by atoms with Crippen molar-refractivity contribution in [3.05, 3.63) is 70.4 Å². The van der Waals surface area contributed by atoms with E-state index in [1.807, 2.05) is 31.2 Å². The Bertz CT molecular complexity index is 1250. The van der Waals surface area contributed by atoms with Gasteiger partial charge in [0.2, 0.25) is 0 Å². The fourth-order valence-electron chi connectivity index (χ4n) is 4.66. The second kappa shape index (κ2) is 10.1. The van der Waals surface area contributed by atoms with Gasteiger partial charge in [-0.3, -0.25) is 4.57 Å². The maximum absolute atomic E-state index is 12.7. The molecule has 0 radical (unpaired) electrons. The van der Waals surface area contributed by atoms with Crippen LogP contribution in [-0.4, -0.2) is 46.4 Å². The summed E-state index contributed by atoms with van der Waals surface area (Å²) < 4.78 is 57.2. The van der Waals surface area contributed by atoms with E-state index in [1.54, 1.807) is 4.57 Å². The topological polar surface area (TPSA) is 91.9 Å². The van der Waals surface area contributed by atoms with Crippen molar-refractivity contribution >= 4 is 11.5 Å². The summed E-state index contributed by atoms with van der Waals surface area (Å²) in [7, 11) is 0. The minimum Gasteiger partial charge on any atom is -0.493 e. The zero-order valence-electron chi connectivity index (χ0n) is 20.7. The SMILES string of the molecule is CC1(COc2ccc(N3CCC(COc4ccc(C(F)(F)F)cc4)CC3)cc2)Cn2cc([N+](=O)[O-])nc2O1. The molecule has 0 bridgehead atoms. The molecule has 5 rings (SSSR count). The minimum absolute atomic E-state index is 0.214. The van der Waals surface area contributed by atoms with Gasteiger partial charge in [-0.05, 0) is 79.1 Å². The number of piperidine rings is 1. The molecule has 1 atom stereocenters. The first kappa shape index (κ1) is 25.7. The van der Waals surface area contributed by atoms with Crippen LogP contribution in [0.1, 0.15) is 25.3 Å². The van der Waals surface area contributed by atoms with E-state index in [4.69, 9.17) is 14.2 Å². The first-order valence-corrected chi connectivity index (χ1v) is 12.3. The zero-order valence-corrected chi connectivity index (χ0v) is 20.7. The number of hydrogen-bond donors (Lipinski definition) is 0. The number of rotatable bonds is 8. The number of ether oxygens (including phenoxy) is 3. The third kappa shape index (κ3) is 5.79. The summed E-state index contributed by atoms with van der Waals surface area (Å²) in [4.78, 5) is 16.5. The van der Waals surface area contributed by atoms with Crippen LogP contribution in [0.4, 0.5) is 24.7 Å². The van der Waals surface area contributed by atoms with E-state index >= 15 is 0 Å². The number of fused-ring (bicyclic) bond motifs is 1. The summed E-state index contributed by atoms with van der Waals surface area (Å²) >= 11 is 0. The van der Waals surface area contributed by atoms with E-state index in [0.29, 0.717) is 30.6 Å². The zero-order chi connectivity index (χ0) is 26.9. The number of benzene rings is 2. The molecule has 38 heavy (non-hydrogen) atoms. The molecule has 0 spiro atoms. The first-order valence-electron chi connectivity index (χ1n) is 12.3. The lowest BCUT2D eigenvalue weighted by Crippen LogP contribution is -2.38. The van der Waals surface area contributed by atoms with Crippen LogP contribution in [-0.2, 0) is 12.7 Å². The van der Waals surface area contributed by atoms with Crippen LogP contribution >= 0.6 is 0 Å². The molecule has 12 heteroatoms. The molecule has 0 amide bonds. The van der Waals surface area contributed by atoms with Gasteiger partial charge in [0.1, 0.15) is 24.3 Å². The molecule has 1 aromatic heterocycles. The maximum Gasteiger partial charge on any atom is 0.416 e. The van der Waals surface area contributed by atoms with Crippen LogP contribution in [0, 0.1) is 16.0 Å². The Kier molecular flexibility index (Phi) is 6.80. The Morgan fingerprint density at radius 2 is 1.71 bits per heavy atom. The Hall–Kier alpha value is -3.96. The van der Waals surface area contributed by atoms with Gasteiger partial charge in [-0.15, -0.1) is 0 Å². The fourth-order valence-corrected chi connectivity index (χ4v) is 4.66. The van der Waals surface area contributed by atoms with Crippen molar-refractivity contribution in [1.82, 2.24) is 9.55 Å². The highest BCUT2D eigenvalue weighted by Crippen LogP contribution is 2.33. The molecule has 9 nitrogen and oxygen atoms in total. The summed E-state index contributed by atoms with van der Waals surface area (Å²) in [6.07, 6.45) is -1.15. The molecule has 3 aromatic rings. The monoisotopic (exact) mass is 532 g/mol. The molecule has 1 unspecified atom stereocenters. The quantitative estimate of drug-likeness (QED) is 0.286. The van der Waals surface area contributed by atoms with Crippen LogP contribution in [0.5, 0.6) is 17.5 Å². The summed E-state index contributed by atoms with van der Waals surface area (Å²) in [5.74, 6) is 1.22. The predicted octanol–water partition coefficient (Wildman–Crippen LogP) is 5.34. The first-order chi connectivity index (χ1) is 18.1. The molecule has 2 aliphatic rings. The number of anilines is 1. The fraction of sp³-hybridized carbons (Fsp3) is 0.423. The molecule has 0 saturated carbocycles. The van der Waals surface area contributed by atoms with Gasteiger partial charge < -0.3 is 29.2 Å². The summed E-state index contributed by atoms with van der Waals surface area (Å²) in [5, 5.41) is 10.9. The molecule has 0 aliphatic carbocycles. The molecule has 1 saturated heterocycles. The van der Waals surface area contributed by atoms with E-state index in [2.05, 4.69) is 9.88 Å². The van der Waals surface area contributed by atoms with Crippen molar-refractivity contribution < 1.29 is 32.3 Å². The Labute approximate surface area is 216 Å². The maximum atomic E-state index is 12.7. The Morgan fingerprint density at radius 3 is 2.32 bits per heavy atom. The van der Waals surface area contributed by atoms with E-state index in [1.165, 1.54) is 18.3 Å². The largest absolute Gasteiger partial charge is 0.493 e. The number of imidazole rings is 1. The summed E-state index contributed by atoms with van der Waals surface area (Å²) in [6.45, 7) is 4.70. The second-order valence-electron chi connectivity index (χ2n) is 9.86. The molecule has 202 valence electrons. The third-order valence-corrected chi connectivity index (χ3v) is 6.78. The van der Waals surface area contributed by atoms with Gasteiger partial charge in [0, 0.05) is 23.8 Å². The lowest BCUT2D eigenvalue weighted by molar-refractivity contribution is -0.389. The van der Waals surface area contributed by atoms with Gasteiger partial charge in [-0.1, -0.05) is 0 Å². The highest BCUT2D eigenvalue weighted by atomic mass is 19.4. The van der Waals surface area contributed by atoms with Gasteiger partial charge in [-0.25, -0.2) is 0 Å². The van der Waals surface area contributed by atoms with E-state index in [-0.39, 0.29) is 18.4 Å². The van der Waals surface area contributed by atoms with Crippen LogP contribution < -0.4 is 19.1 Å². The van der Waals surface area contributed by atoms with Gasteiger partial charge in [0.25, 0.3) is 0 Å². The van der Waals surface area contributed by atoms with E-state index in [0.717, 1.165) is 43.8 Å². The average Bonchev–Trinajstić information content (AvgIpc) is 3.42. The highest BCUT2D eigenvalue weighted by Gasteiger charge is 2.41. The van der Waals surface area contributed by atoms with Gasteiger partial charge in [-0.2, -0.15) is 13.2 Å². The van der Waals surface area contributed by atoms with Crippen LogP contribution in [0.3, 0.4) is 0 Å². The van der Waals surface area contributed by atoms with Crippen molar-refractivity contribution in [3.63, 3.8) is 0 Å². The van der Waals surface area contributed by atoms with E-state index < -0.39 is 22.3 Å². The normalized spacial score (nSPS) is 19.6. The van der Waals surface area contributed by atoms with E-state index in [9.17, 15) is 23.3 Å². The number of aromatic nitrogens is 2. The predicted molar refractivity (Wildman–Crippen MR) is 132 cm³/mol. The van der Waals surface area contributed by atoms with Crippen molar-refractivity contribution in [3.8, 4) is 17.5 Å². The standard InChI is InChI=1S/C26H27F3N4O5/c1-25(16-32-14-23(33(34)35)30-24(32)38-25)17-37-22-8-4-20(5-9-22)31-12-10-18(11-13-31)15-36-21-6-2-19(3-7-21)26(27,28)29/h2-9,14,18H,10-13,15-17H2,1H3. The highest BCUT2D eigenvalue weighted by molar-refractivity contribution is 5.49. The number of nitrogens with zero attached hydrogens (tertiary/aromatic N) is 4. The minimum atomic E-state index is -4.35. The van der Waals surface area contributed by atoms with Crippen molar-refractivity contribution in [2.75, 3.05) is 31.2 Å². The molecule has 2 aromatic carbocycles. The van der Waals surface area contributed by atoms with Crippen LogP contribution in [0.25, 0.3) is 0 Å². The average molecular weight is 533 g/mol.